The van der Waals surface area contributed by atoms with E-state index >= 15 is 0 Å². The van der Waals surface area contributed by atoms with Crippen molar-refractivity contribution in [3.63, 3.8) is 0 Å². The van der Waals surface area contributed by atoms with Gasteiger partial charge in [-0.25, -0.2) is 8.42 Å². The Morgan fingerprint density at radius 1 is 0.968 bits per heavy atom. The molecule has 0 aliphatic carbocycles. The van der Waals surface area contributed by atoms with Gasteiger partial charge in [0.05, 0.1) is 23.1 Å². The van der Waals surface area contributed by atoms with Gasteiger partial charge >= 0.3 is 0 Å². The molecule has 0 spiro atoms. The topological polar surface area (TPSA) is 118 Å². The van der Waals surface area contributed by atoms with Crippen LogP contribution in [-0.2, 0) is 16.4 Å². The summed E-state index contributed by atoms with van der Waals surface area (Å²) < 4.78 is 38.5. The summed E-state index contributed by atoms with van der Waals surface area (Å²) in [6.07, 6.45) is 0.282. The molecule has 0 saturated carbocycles. The van der Waals surface area contributed by atoms with Crippen LogP contribution in [0, 0.1) is 11.3 Å². The molecule has 1 heterocycles. The predicted octanol–water partition coefficient (Wildman–Crippen LogP) is 3.53. The van der Waals surface area contributed by atoms with Gasteiger partial charge in [0.1, 0.15) is 0 Å². The summed E-state index contributed by atoms with van der Waals surface area (Å²) in [6, 6.07) is 19.4. The minimum atomic E-state index is -3.93. The van der Waals surface area contributed by atoms with Gasteiger partial charge in [-0.05, 0) is 48.0 Å². The number of nitrogens with one attached hydrogen (secondary N) is 2. The molecular weight excluding hydrogens is 418 g/mol. The first-order chi connectivity index (χ1) is 14.9. The van der Waals surface area contributed by atoms with Crippen molar-refractivity contribution in [2.24, 2.45) is 0 Å². The summed E-state index contributed by atoms with van der Waals surface area (Å²) in [4.78, 5) is 12.5. The molecular formula is C22H17N3O5S. The highest BCUT2D eigenvalue weighted by Gasteiger charge is 2.19. The summed E-state index contributed by atoms with van der Waals surface area (Å²) in [5.41, 5.74) is 1.88. The quantitative estimate of drug-likeness (QED) is 0.612. The van der Waals surface area contributed by atoms with Crippen LogP contribution in [0.2, 0.25) is 0 Å². The lowest BCUT2D eigenvalue weighted by molar-refractivity contribution is 0.102. The van der Waals surface area contributed by atoms with Crippen molar-refractivity contribution in [3.05, 3.63) is 77.9 Å². The van der Waals surface area contributed by atoms with Gasteiger partial charge in [0, 0.05) is 17.3 Å². The molecule has 1 aliphatic heterocycles. The Labute approximate surface area is 179 Å². The monoisotopic (exact) mass is 435 g/mol. The van der Waals surface area contributed by atoms with Gasteiger partial charge in [0.2, 0.25) is 6.79 Å². The summed E-state index contributed by atoms with van der Waals surface area (Å²) in [5, 5.41) is 11.4. The molecule has 4 rings (SSSR count). The molecule has 0 aromatic heterocycles. The maximum Gasteiger partial charge on any atom is 0.261 e. The molecule has 3 aromatic carbocycles. The predicted molar refractivity (Wildman–Crippen MR) is 114 cm³/mol. The molecule has 0 radical (unpaired) electrons. The number of nitriles is 1. The van der Waals surface area contributed by atoms with Gasteiger partial charge in [0.15, 0.2) is 11.5 Å². The highest BCUT2D eigenvalue weighted by molar-refractivity contribution is 7.92. The minimum absolute atomic E-state index is 0.0535. The van der Waals surface area contributed by atoms with Gasteiger partial charge in [-0.1, -0.05) is 18.2 Å². The molecule has 0 saturated heterocycles. The number of nitrogens with zero attached hydrogens (tertiary/aromatic N) is 1. The SMILES string of the molecule is N#CCc1ccc(NC(=O)c2cccc(S(=O)(=O)Nc3ccc4c(c3)OCO4)c2)cc1. The van der Waals surface area contributed by atoms with Crippen molar-refractivity contribution < 1.29 is 22.7 Å². The molecule has 3 aromatic rings. The van der Waals surface area contributed by atoms with E-state index in [1.165, 1.54) is 30.3 Å². The van der Waals surface area contributed by atoms with Crippen molar-refractivity contribution >= 4 is 27.3 Å². The molecule has 8 nitrogen and oxygen atoms in total. The van der Waals surface area contributed by atoms with E-state index in [2.05, 4.69) is 16.1 Å². The van der Waals surface area contributed by atoms with Crippen molar-refractivity contribution in [2.75, 3.05) is 16.8 Å². The second-order valence-electron chi connectivity index (χ2n) is 6.69. The number of amides is 1. The third-order valence-corrected chi connectivity index (χ3v) is 5.91. The third kappa shape index (κ3) is 4.60. The van der Waals surface area contributed by atoms with E-state index in [1.54, 1.807) is 36.4 Å². The largest absolute Gasteiger partial charge is 0.454 e. The van der Waals surface area contributed by atoms with Gasteiger partial charge in [-0.15, -0.1) is 0 Å². The van der Waals surface area contributed by atoms with Crippen LogP contribution in [0.4, 0.5) is 11.4 Å². The van der Waals surface area contributed by atoms with E-state index < -0.39 is 15.9 Å². The lowest BCUT2D eigenvalue weighted by Crippen LogP contribution is -2.16. The average Bonchev–Trinajstić information content (AvgIpc) is 3.23. The first-order valence-electron chi connectivity index (χ1n) is 9.24. The number of benzene rings is 3. The molecule has 0 atom stereocenters. The van der Waals surface area contributed by atoms with Crippen molar-refractivity contribution in [1.82, 2.24) is 0 Å². The standard InChI is InChI=1S/C22H17N3O5S/c23-11-10-15-4-6-17(7-5-15)24-22(26)16-2-1-3-19(12-16)31(27,28)25-18-8-9-20-21(13-18)30-14-29-20/h1-9,12-13,25H,10,14H2,(H,24,26). The summed E-state index contributed by atoms with van der Waals surface area (Å²) in [5.74, 6) is 0.546. The zero-order chi connectivity index (χ0) is 21.8. The van der Waals surface area contributed by atoms with Crippen LogP contribution in [0.1, 0.15) is 15.9 Å². The zero-order valence-corrected chi connectivity index (χ0v) is 17.0. The third-order valence-electron chi connectivity index (χ3n) is 4.53. The summed E-state index contributed by atoms with van der Waals surface area (Å²) in [7, 11) is -3.93. The number of rotatable bonds is 6. The Morgan fingerprint density at radius 2 is 1.71 bits per heavy atom. The van der Waals surface area contributed by atoms with Crippen molar-refractivity contribution in [1.29, 1.82) is 5.26 Å². The Kier molecular flexibility index (Phi) is 5.47. The van der Waals surface area contributed by atoms with E-state index in [1.807, 2.05) is 0 Å². The van der Waals surface area contributed by atoms with E-state index in [0.29, 0.717) is 22.9 Å². The number of fused-ring (bicyclic) bond motifs is 1. The Bertz CT molecular complexity index is 1280. The van der Waals surface area contributed by atoms with Gasteiger partial charge in [-0.2, -0.15) is 5.26 Å². The van der Waals surface area contributed by atoms with Crippen LogP contribution < -0.4 is 19.5 Å². The fourth-order valence-electron chi connectivity index (χ4n) is 2.98. The van der Waals surface area contributed by atoms with E-state index in [9.17, 15) is 13.2 Å². The smallest absolute Gasteiger partial charge is 0.261 e. The Balaban J connectivity index is 1.50. The van der Waals surface area contributed by atoms with Gasteiger partial charge in [-0.3, -0.25) is 9.52 Å². The number of sulfonamides is 1. The highest BCUT2D eigenvalue weighted by Crippen LogP contribution is 2.34. The van der Waals surface area contributed by atoms with E-state index in [-0.39, 0.29) is 23.7 Å². The maximum absolute atomic E-state index is 12.8. The van der Waals surface area contributed by atoms with Crippen LogP contribution in [0.5, 0.6) is 11.5 Å². The van der Waals surface area contributed by atoms with E-state index in [0.717, 1.165) is 5.56 Å². The Hall–Kier alpha value is -4.03. The number of hydrogen-bond acceptors (Lipinski definition) is 6. The summed E-state index contributed by atoms with van der Waals surface area (Å²) in [6.45, 7) is 0.0870. The van der Waals surface area contributed by atoms with Crippen LogP contribution in [0.25, 0.3) is 0 Å². The molecule has 0 bridgehead atoms. The number of ether oxygens (including phenoxy) is 2. The lowest BCUT2D eigenvalue weighted by Gasteiger charge is -2.10. The van der Waals surface area contributed by atoms with Crippen LogP contribution in [0.15, 0.2) is 71.6 Å². The molecule has 9 heteroatoms. The van der Waals surface area contributed by atoms with Crippen molar-refractivity contribution in [3.8, 4) is 17.6 Å². The second kappa shape index (κ2) is 8.38. The average molecular weight is 435 g/mol. The first kappa shape index (κ1) is 20.3. The molecule has 156 valence electrons. The van der Waals surface area contributed by atoms with E-state index in [4.69, 9.17) is 14.7 Å². The fourth-order valence-corrected chi connectivity index (χ4v) is 4.07. The summed E-state index contributed by atoms with van der Waals surface area (Å²) >= 11 is 0. The molecule has 1 aliphatic rings. The number of hydrogen-bond donors (Lipinski definition) is 2. The first-order valence-corrected chi connectivity index (χ1v) is 10.7. The molecule has 0 fully saturated rings. The lowest BCUT2D eigenvalue weighted by atomic mass is 10.1. The van der Waals surface area contributed by atoms with Gasteiger partial charge in [0.25, 0.3) is 15.9 Å². The van der Waals surface area contributed by atoms with Gasteiger partial charge < -0.3 is 14.8 Å². The van der Waals surface area contributed by atoms with Crippen LogP contribution in [-0.4, -0.2) is 21.1 Å². The van der Waals surface area contributed by atoms with Crippen LogP contribution in [0.3, 0.4) is 0 Å². The molecule has 0 unspecified atom stereocenters. The number of anilines is 2. The zero-order valence-electron chi connectivity index (χ0n) is 16.2. The Morgan fingerprint density at radius 3 is 2.48 bits per heavy atom. The maximum atomic E-state index is 12.8. The van der Waals surface area contributed by atoms with Crippen LogP contribution >= 0.6 is 0 Å². The minimum Gasteiger partial charge on any atom is -0.454 e. The highest BCUT2D eigenvalue weighted by atomic mass is 32.2. The second-order valence-corrected chi connectivity index (χ2v) is 8.37. The molecule has 2 N–H and O–H groups in total. The van der Waals surface area contributed by atoms with Crippen molar-refractivity contribution in [2.45, 2.75) is 11.3 Å². The molecule has 31 heavy (non-hydrogen) atoms. The molecule has 1 amide bonds. The normalized spacial score (nSPS) is 12.1. The fraction of sp³-hybridized carbons (Fsp3) is 0.0909. The number of carbonyl (C=O) groups is 1. The number of carbonyl (C=O) groups excluding carboxylic acids is 1.